The number of hydrogen-bond donors (Lipinski definition) is 1. The molecule has 2 nitrogen and oxygen atoms in total. The van der Waals surface area contributed by atoms with E-state index in [0.29, 0.717) is 6.04 Å². The Hall–Kier alpha value is -0.230. The molecule has 0 aromatic carbocycles. The normalized spacial score (nSPS) is 12.9. The monoisotopic (exact) mass is 316 g/mol. The van der Waals surface area contributed by atoms with Crippen LogP contribution < -0.4 is 5.32 Å². The lowest BCUT2D eigenvalue weighted by Gasteiger charge is -2.07. The highest BCUT2D eigenvalue weighted by molar-refractivity contribution is 9.10. The second-order valence-corrected chi connectivity index (χ2v) is 6.37. The standard InChI is InChI=1S/C11H13BrN2S2/c1-3-13-7(2)10-5-14-11(16-10)9-4-8(12)6-15-9/h4-7,13H,3H2,1-2H3. The summed E-state index contributed by atoms with van der Waals surface area (Å²) >= 11 is 6.95. The van der Waals surface area contributed by atoms with Gasteiger partial charge < -0.3 is 5.32 Å². The van der Waals surface area contributed by atoms with E-state index in [1.54, 1.807) is 22.7 Å². The van der Waals surface area contributed by atoms with Crippen LogP contribution in [0.3, 0.4) is 0 Å². The summed E-state index contributed by atoms with van der Waals surface area (Å²) in [7, 11) is 0. The van der Waals surface area contributed by atoms with Crippen LogP contribution in [0.15, 0.2) is 22.1 Å². The van der Waals surface area contributed by atoms with Crippen LogP contribution in [0.2, 0.25) is 0 Å². The Bertz CT molecular complexity index is 464. The van der Waals surface area contributed by atoms with Gasteiger partial charge in [-0.1, -0.05) is 6.92 Å². The molecule has 0 bridgehead atoms. The van der Waals surface area contributed by atoms with Crippen molar-refractivity contribution in [3.63, 3.8) is 0 Å². The van der Waals surface area contributed by atoms with Crippen LogP contribution in [0.5, 0.6) is 0 Å². The molecule has 0 fully saturated rings. The first kappa shape index (κ1) is 12.2. The highest BCUT2D eigenvalue weighted by Crippen LogP contribution is 2.34. The van der Waals surface area contributed by atoms with Gasteiger partial charge in [0.15, 0.2) is 0 Å². The molecule has 0 aliphatic heterocycles. The van der Waals surface area contributed by atoms with Crippen molar-refractivity contribution in [2.24, 2.45) is 0 Å². The maximum Gasteiger partial charge on any atom is 0.133 e. The third kappa shape index (κ3) is 2.71. The van der Waals surface area contributed by atoms with Gasteiger partial charge >= 0.3 is 0 Å². The number of thiazole rings is 1. The van der Waals surface area contributed by atoms with E-state index in [-0.39, 0.29) is 0 Å². The molecule has 1 N–H and O–H groups in total. The molecule has 86 valence electrons. The van der Waals surface area contributed by atoms with Gasteiger partial charge in [0.25, 0.3) is 0 Å². The topological polar surface area (TPSA) is 24.9 Å². The molecule has 2 rings (SSSR count). The Labute approximate surface area is 112 Å². The van der Waals surface area contributed by atoms with E-state index in [1.165, 1.54) is 9.75 Å². The number of nitrogens with one attached hydrogen (secondary N) is 1. The van der Waals surface area contributed by atoms with Gasteiger partial charge in [-0.2, -0.15) is 0 Å². The van der Waals surface area contributed by atoms with Gasteiger partial charge in [0.05, 0.1) is 4.88 Å². The molecule has 5 heteroatoms. The molecule has 0 aliphatic rings. The average Bonchev–Trinajstić information content (AvgIpc) is 2.85. The molecule has 1 unspecified atom stereocenters. The lowest BCUT2D eigenvalue weighted by Crippen LogP contribution is -2.16. The number of halogens is 1. The first-order chi connectivity index (χ1) is 7.70. The van der Waals surface area contributed by atoms with Gasteiger partial charge in [-0.05, 0) is 35.5 Å². The summed E-state index contributed by atoms with van der Waals surface area (Å²) in [5.41, 5.74) is 0. The molecule has 0 saturated carbocycles. The largest absolute Gasteiger partial charge is 0.310 e. The van der Waals surface area contributed by atoms with Crippen molar-refractivity contribution >= 4 is 38.6 Å². The van der Waals surface area contributed by atoms with Crippen LogP contribution in [-0.2, 0) is 0 Å². The number of nitrogens with zero attached hydrogens (tertiary/aromatic N) is 1. The van der Waals surface area contributed by atoms with Crippen LogP contribution >= 0.6 is 38.6 Å². The Morgan fingerprint density at radius 2 is 2.38 bits per heavy atom. The van der Waals surface area contributed by atoms with Crippen LogP contribution in [0.1, 0.15) is 24.8 Å². The molecule has 0 saturated heterocycles. The van der Waals surface area contributed by atoms with E-state index >= 15 is 0 Å². The summed E-state index contributed by atoms with van der Waals surface area (Å²) in [4.78, 5) is 6.99. The minimum Gasteiger partial charge on any atom is -0.310 e. The number of rotatable bonds is 4. The fourth-order valence-electron chi connectivity index (χ4n) is 1.43. The van der Waals surface area contributed by atoms with Gasteiger partial charge in [0.1, 0.15) is 5.01 Å². The third-order valence-electron chi connectivity index (χ3n) is 2.24. The quantitative estimate of drug-likeness (QED) is 0.909. The van der Waals surface area contributed by atoms with E-state index in [4.69, 9.17) is 0 Å². The van der Waals surface area contributed by atoms with Crippen molar-refractivity contribution in [2.75, 3.05) is 6.54 Å². The molecule has 1 atom stereocenters. The molecule has 0 aliphatic carbocycles. The van der Waals surface area contributed by atoms with E-state index in [1.807, 2.05) is 6.20 Å². The van der Waals surface area contributed by atoms with E-state index in [2.05, 4.69) is 51.5 Å². The first-order valence-electron chi connectivity index (χ1n) is 5.14. The van der Waals surface area contributed by atoms with Crippen molar-refractivity contribution in [3.05, 3.63) is 27.0 Å². The van der Waals surface area contributed by atoms with E-state index in [0.717, 1.165) is 16.0 Å². The summed E-state index contributed by atoms with van der Waals surface area (Å²) in [5.74, 6) is 0. The Morgan fingerprint density at radius 3 is 3.00 bits per heavy atom. The summed E-state index contributed by atoms with van der Waals surface area (Å²) in [6.45, 7) is 5.28. The van der Waals surface area contributed by atoms with Gasteiger partial charge in [0, 0.05) is 27.0 Å². The van der Waals surface area contributed by atoms with Crippen molar-refractivity contribution < 1.29 is 0 Å². The summed E-state index contributed by atoms with van der Waals surface area (Å²) in [5, 5.41) is 6.59. The average molecular weight is 317 g/mol. The zero-order valence-electron chi connectivity index (χ0n) is 9.16. The van der Waals surface area contributed by atoms with Crippen LogP contribution in [0.25, 0.3) is 9.88 Å². The number of hydrogen-bond acceptors (Lipinski definition) is 4. The van der Waals surface area contributed by atoms with Crippen molar-refractivity contribution in [1.29, 1.82) is 0 Å². The van der Waals surface area contributed by atoms with Crippen molar-refractivity contribution in [2.45, 2.75) is 19.9 Å². The molecule has 2 aromatic rings. The molecule has 0 amide bonds. The second-order valence-electron chi connectivity index (χ2n) is 3.48. The highest BCUT2D eigenvalue weighted by atomic mass is 79.9. The highest BCUT2D eigenvalue weighted by Gasteiger charge is 2.11. The zero-order chi connectivity index (χ0) is 11.5. The van der Waals surface area contributed by atoms with Crippen molar-refractivity contribution in [3.8, 4) is 9.88 Å². The predicted molar refractivity (Wildman–Crippen MR) is 75.2 cm³/mol. The first-order valence-corrected chi connectivity index (χ1v) is 7.63. The zero-order valence-corrected chi connectivity index (χ0v) is 12.4. The van der Waals surface area contributed by atoms with Crippen LogP contribution in [-0.4, -0.2) is 11.5 Å². The van der Waals surface area contributed by atoms with Crippen LogP contribution in [0, 0.1) is 0 Å². The fraction of sp³-hybridized carbons (Fsp3) is 0.364. The molecular weight excluding hydrogens is 304 g/mol. The molecule has 2 heterocycles. The fourth-order valence-corrected chi connectivity index (χ4v) is 3.87. The Balaban J connectivity index is 2.19. The van der Waals surface area contributed by atoms with Gasteiger partial charge in [0.2, 0.25) is 0 Å². The summed E-state index contributed by atoms with van der Waals surface area (Å²) in [6.07, 6.45) is 1.97. The number of aromatic nitrogens is 1. The maximum absolute atomic E-state index is 4.47. The van der Waals surface area contributed by atoms with Gasteiger partial charge in [-0.15, -0.1) is 22.7 Å². The lowest BCUT2D eigenvalue weighted by atomic mass is 10.3. The van der Waals surface area contributed by atoms with Gasteiger partial charge in [-0.3, -0.25) is 0 Å². The minimum absolute atomic E-state index is 0.389. The lowest BCUT2D eigenvalue weighted by molar-refractivity contribution is 0.606. The minimum atomic E-state index is 0.389. The predicted octanol–water partition coefficient (Wildman–Crippen LogP) is 4.30. The molecular formula is C11H13BrN2S2. The number of thiophene rings is 1. The SMILES string of the molecule is CCNC(C)c1cnc(-c2cc(Br)cs2)s1. The third-order valence-corrected chi connectivity index (χ3v) is 5.28. The summed E-state index contributed by atoms with van der Waals surface area (Å²) < 4.78 is 1.13. The molecule has 16 heavy (non-hydrogen) atoms. The maximum atomic E-state index is 4.47. The smallest absolute Gasteiger partial charge is 0.133 e. The van der Waals surface area contributed by atoms with Crippen LogP contribution in [0.4, 0.5) is 0 Å². The Morgan fingerprint density at radius 1 is 1.56 bits per heavy atom. The Kier molecular flexibility index (Phi) is 4.13. The summed E-state index contributed by atoms with van der Waals surface area (Å²) in [6, 6.07) is 2.50. The van der Waals surface area contributed by atoms with Gasteiger partial charge in [-0.25, -0.2) is 4.98 Å². The molecule has 2 aromatic heterocycles. The van der Waals surface area contributed by atoms with E-state index in [9.17, 15) is 0 Å². The molecule has 0 radical (unpaired) electrons. The molecule has 0 spiro atoms. The van der Waals surface area contributed by atoms with E-state index < -0.39 is 0 Å². The van der Waals surface area contributed by atoms with Crippen molar-refractivity contribution in [1.82, 2.24) is 10.3 Å². The second kappa shape index (κ2) is 5.40.